The minimum absolute atomic E-state index is 0.432. The van der Waals surface area contributed by atoms with E-state index in [2.05, 4.69) is 38.8 Å². The zero-order valence-corrected chi connectivity index (χ0v) is 13.9. The first-order valence-corrected chi connectivity index (χ1v) is 7.60. The number of anilines is 4. The van der Waals surface area contributed by atoms with E-state index < -0.39 is 0 Å². The molecule has 0 unspecified atom stereocenters. The fourth-order valence-electron chi connectivity index (χ4n) is 2.38. The molecule has 6 nitrogen and oxygen atoms in total. The van der Waals surface area contributed by atoms with Crippen LogP contribution in [-0.4, -0.2) is 22.3 Å². The van der Waals surface area contributed by atoms with E-state index in [1.807, 2.05) is 43.3 Å². The maximum atomic E-state index is 5.33. The van der Waals surface area contributed by atoms with Crippen LogP contribution in [0.3, 0.4) is 0 Å². The van der Waals surface area contributed by atoms with Crippen molar-refractivity contribution >= 4 is 23.1 Å². The van der Waals surface area contributed by atoms with Crippen molar-refractivity contribution in [2.24, 2.45) is 0 Å². The van der Waals surface area contributed by atoms with Crippen LogP contribution in [0.25, 0.3) is 0 Å². The minimum atomic E-state index is 0.432. The van der Waals surface area contributed by atoms with E-state index in [1.54, 1.807) is 13.3 Å². The Morgan fingerprint density at radius 2 is 1.79 bits per heavy atom. The average molecular weight is 321 g/mol. The number of aromatic nitrogens is 3. The summed E-state index contributed by atoms with van der Waals surface area (Å²) in [5, 5.41) is 14.4. The second kappa shape index (κ2) is 6.95. The molecule has 0 radical (unpaired) electrons. The Hall–Kier alpha value is -3.15. The summed E-state index contributed by atoms with van der Waals surface area (Å²) >= 11 is 0. The van der Waals surface area contributed by atoms with Crippen LogP contribution in [0, 0.1) is 13.8 Å². The quantitative estimate of drug-likeness (QED) is 0.740. The molecule has 1 heterocycles. The van der Waals surface area contributed by atoms with Gasteiger partial charge in [0.2, 0.25) is 5.95 Å². The molecule has 0 amide bonds. The molecule has 122 valence electrons. The van der Waals surface area contributed by atoms with Gasteiger partial charge in [-0.3, -0.25) is 0 Å². The number of nitrogens with zero attached hydrogens (tertiary/aromatic N) is 3. The van der Waals surface area contributed by atoms with Crippen LogP contribution in [0.2, 0.25) is 0 Å². The third kappa shape index (κ3) is 3.60. The summed E-state index contributed by atoms with van der Waals surface area (Å²) < 4.78 is 5.33. The van der Waals surface area contributed by atoms with Gasteiger partial charge in [0, 0.05) is 5.69 Å². The van der Waals surface area contributed by atoms with E-state index in [9.17, 15) is 0 Å². The summed E-state index contributed by atoms with van der Waals surface area (Å²) in [6.45, 7) is 4.10. The third-order valence-electron chi connectivity index (χ3n) is 3.56. The van der Waals surface area contributed by atoms with Crippen LogP contribution in [0.15, 0.2) is 48.7 Å². The van der Waals surface area contributed by atoms with Crippen molar-refractivity contribution < 1.29 is 4.74 Å². The molecule has 24 heavy (non-hydrogen) atoms. The van der Waals surface area contributed by atoms with Gasteiger partial charge in [-0.1, -0.05) is 29.8 Å². The molecule has 0 aliphatic heterocycles. The number of para-hydroxylation sites is 2. The Bertz CT molecular complexity index is 850. The predicted octanol–water partition coefficient (Wildman–Crippen LogP) is 3.98. The number of hydrogen-bond donors (Lipinski definition) is 2. The molecule has 0 bridgehead atoms. The maximum Gasteiger partial charge on any atom is 0.249 e. The Morgan fingerprint density at radius 1 is 0.958 bits per heavy atom. The van der Waals surface area contributed by atoms with E-state index in [0.717, 1.165) is 22.7 Å². The lowest BCUT2D eigenvalue weighted by Gasteiger charge is -2.11. The molecular weight excluding hydrogens is 302 g/mol. The molecule has 0 aliphatic rings. The number of ether oxygens (including phenoxy) is 1. The fraction of sp³-hybridized carbons (Fsp3) is 0.167. The molecule has 0 atom stereocenters. The van der Waals surface area contributed by atoms with Crippen molar-refractivity contribution in [2.45, 2.75) is 13.8 Å². The Morgan fingerprint density at radius 3 is 2.58 bits per heavy atom. The topological polar surface area (TPSA) is 72.0 Å². The molecule has 0 spiro atoms. The van der Waals surface area contributed by atoms with Crippen molar-refractivity contribution in [3.05, 3.63) is 59.8 Å². The molecule has 2 aromatic carbocycles. The van der Waals surface area contributed by atoms with Crippen molar-refractivity contribution in [2.75, 3.05) is 17.7 Å². The highest BCUT2D eigenvalue weighted by molar-refractivity contribution is 5.65. The second-order valence-electron chi connectivity index (χ2n) is 5.43. The molecule has 2 N–H and O–H groups in total. The van der Waals surface area contributed by atoms with Gasteiger partial charge >= 0.3 is 0 Å². The molecule has 0 saturated heterocycles. The molecule has 0 saturated carbocycles. The first-order chi connectivity index (χ1) is 11.7. The van der Waals surface area contributed by atoms with Gasteiger partial charge in [0.25, 0.3) is 0 Å². The summed E-state index contributed by atoms with van der Waals surface area (Å²) in [6.07, 6.45) is 1.57. The smallest absolute Gasteiger partial charge is 0.249 e. The predicted molar refractivity (Wildman–Crippen MR) is 95.3 cm³/mol. The van der Waals surface area contributed by atoms with E-state index >= 15 is 0 Å². The lowest BCUT2D eigenvalue weighted by molar-refractivity contribution is 0.417. The molecule has 6 heteroatoms. The molecular formula is C18H19N5O. The summed E-state index contributed by atoms with van der Waals surface area (Å²) in [7, 11) is 1.63. The van der Waals surface area contributed by atoms with Gasteiger partial charge < -0.3 is 15.4 Å². The van der Waals surface area contributed by atoms with Crippen LogP contribution < -0.4 is 15.4 Å². The van der Waals surface area contributed by atoms with Crippen molar-refractivity contribution in [1.82, 2.24) is 15.2 Å². The van der Waals surface area contributed by atoms with E-state index in [4.69, 9.17) is 4.74 Å². The summed E-state index contributed by atoms with van der Waals surface area (Å²) in [5.74, 6) is 1.75. The number of rotatable bonds is 5. The maximum absolute atomic E-state index is 5.33. The largest absolute Gasteiger partial charge is 0.495 e. The van der Waals surface area contributed by atoms with E-state index in [-0.39, 0.29) is 0 Å². The number of aryl methyl sites for hydroxylation is 2. The third-order valence-corrected chi connectivity index (χ3v) is 3.56. The zero-order chi connectivity index (χ0) is 16.9. The van der Waals surface area contributed by atoms with Crippen LogP contribution in [0.4, 0.5) is 23.1 Å². The molecule has 0 fully saturated rings. The molecule has 3 aromatic rings. The van der Waals surface area contributed by atoms with Crippen LogP contribution >= 0.6 is 0 Å². The van der Waals surface area contributed by atoms with Gasteiger partial charge in [-0.05, 0) is 37.6 Å². The summed E-state index contributed by atoms with van der Waals surface area (Å²) in [4.78, 5) is 4.45. The first-order valence-electron chi connectivity index (χ1n) is 7.60. The highest BCUT2D eigenvalue weighted by Gasteiger charge is 2.06. The lowest BCUT2D eigenvalue weighted by atomic mass is 10.1. The van der Waals surface area contributed by atoms with E-state index in [1.165, 1.54) is 5.56 Å². The second-order valence-corrected chi connectivity index (χ2v) is 5.43. The molecule has 1 aromatic heterocycles. The van der Waals surface area contributed by atoms with Gasteiger partial charge in [-0.2, -0.15) is 10.1 Å². The van der Waals surface area contributed by atoms with Crippen LogP contribution in [-0.2, 0) is 0 Å². The van der Waals surface area contributed by atoms with E-state index in [0.29, 0.717) is 11.8 Å². The van der Waals surface area contributed by atoms with Crippen molar-refractivity contribution in [3.63, 3.8) is 0 Å². The first kappa shape index (κ1) is 15.7. The monoisotopic (exact) mass is 321 g/mol. The van der Waals surface area contributed by atoms with Crippen molar-refractivity contribution in [1.29, 1.82) is 0 Å². The Balaban J connectivity index is 1.81. The van der Waals surface area contributed by atoms with Crippen LogP contribution in [0.5, 0.6) is 5.75 Å². The van der Waals surface area contributed by atoms with Crippen molar-refractivity contribution in [3.8, 4) is 5.75 Å². The number of methoxy groups -OCH3 is 1. The SMILES string of the molecule is COc1ccccc1Nc1cnnc(Nc2ccc(C)cc2C)n1. The highest BCUT2D eigenvalue weighted by Crippen LogP contribution is 2.26. The summed E-state index contributed by atoms with van der Waals surface area (Å²) in [6, 6.07) is 13.8. The number of nitrogens with one attached hydrogen (secondary N) is 2. The van der Waals surface area contributed by atoms with Gasteiger partial charge in [0.15, 0.2) is 5.82 Å². The normalized spacial score (nSPS) is 10.3. The standard InChI is InChI=1S/C18H19N5O/c1-12-8-9-14(13(2)10-12)21-18-22-17(11-19-23-18)20-15-6-4-5-7-16(15)24-3/h4-11H,1-3H3,(H2,20,21,22,23). The molecule has 3 rings (SSSR count). The van der Waals surface area contributed by atoms with Crippen LogP contribution in [0.1, 0.15) is 11.1 Å². The minimum Gasteiger partial charge on any atom is -0.495 e. The number of hydrogen-bond acceptors (Lipinski definition) is 6. The highest BCUT2D eigenvalue weighted by atomic mass is 16.5. The van der Waals surface area contributed by atoms with Gasteiger partial charge in [0.05, 0.1) is 19.0 Å². The summed E-state index contributed by atoms with van der Waals surface area (Å²) in [5.41, 5.74) is 4.11. The van der Waals surface area contributed by atoms with Gasteiger partial charge in [-0.25, -0.2) is 0 Å². The number of benzene rings is 2. The lowest BCUT2D eigenvalue weighted by Crippen LogP contribution is -2.04. The fourth-order valence-corrected chi connectivity index (χ4v) is 2.38. The van der Waals surface area contributed by atoms with Gasteiger partial charge in [-0.15, -0.1) is 5.10 Å². The Kier molecular flexibility index (Phi) is 4.56. The Labute approximate surface area is 140 Å². The zero-order valence-electron chi connectivity index (χ0n) is 13.9. The molecule has 0 aliphatic carbocycles. The van der Waals surface area contributed by atoms with Gasteiger partial charge in [0.1, 0.15) is 5.75 Å². The average Bonchev–Trinajstić information content (AvgIpc) is 2.58.